The fraction of sp³-hybridized carbons (Fsp3) is 0.400. The minimum Gasteiger partial charge on any atom is -0.192 e. The van der Waals surface area contributed by atoms with Crippen LogP contribution in [0.5, 0.6) is 0 Å². The third-order valence-corrected chi connectivity index (χ3v) is 4.81. The molecule has 0 saturated carbocycles. The highest BCUT2D eigenvalue weighted by Gasteiger charge is 1.96. The van der Waals surface area contributed by atoms with E-state index in [1.807, 2.05) is 24.3 Å². The predicted octanol–water partition coefficient (Wildman–Crippen LogP) is 7.41. The fourth-order valence-electron chi connectivity index (χ4n) is 3.12. The smallest absolute Gasteiger partial charge is 0.0991 e. The SMILES string of the molecule is CCCCCCCCCCc1ccc(C=Cc2ccc(C#N)cc2)cc1. The van der Waals surface area contributed by atoms with Gasteiger partial charge in [0.1, 0.15) is 0 Å². The molecule has 0 aromatic heterocycles. The van der Waals surface area contributed by atoms with Gasteiger partial charge in [-0.2, -0.15) is 5.26 Å². The Morgan fingerprint density at radius 3 is 1.73 bits per heavy atom. The molecule has 2 aromatic rings. The van der Waals surface area contributed by atoms with Gasteiger partial charge in [0.05, 0.1) is 11.6 Å². The van der Waals surface area contributed by atoms with E-state index in [1.54, 1.807) is 0 Å². The lowest BCUT2D eigenvalue weighted by Gasteiger charge is -2.03. The highest BCUT2D eigenvalue weighted by Crippen LogP contribution is 2.14. The van der Waals surface area contributed by atoms with Crippen molar-refractivity contribution in [3.05, 3.63) is 70.8 Å². The Morgan fingerprint density at radius 2 is 1.19 bits per heavy atom. The Labute approximate surface area is 159 Å². The van der Waals surface area contributed by atoms with Gasteiger partial charge < -0.3 is 0 Å². The van der Waals surface area contributed by atoms with Crippen molar-refractivity contribution in [1.82, 2.24) is 0 Å². The van der Waals surface area contributed by atoms with Crippen LogP contribution in [0.2, 0.25) is 0 Å². The molecular weight excluding hydrogens is 314 g/mol. The van der Waals surface area contributed by atoms with Crippen molar-refractivity contribution in [3.8, 4) is 6.07 Å². The van der Waals surface area contributed by atoms with Crippen LogP contribution in [0.4, 0.5) is 0 Å². The molecule has 0 saturated heterocycles. The third-order valence-electron chi connectivity index (χ3n) is 4.81. The van der Waals surface area contributed by atoms with E-state index in [0.29, 0.717) is 5.56 Å². The normalized spacial score (nSPS) is 10.9. The van der Waals surface area contributed by atoms with Crippen LogP contribution in [0.25, 0.3) is 12.2 Å². The van der Waals surface area contributed by atoms with E-state index in [-0.39, 0.29) is 0 Å². The molecule has 2 aromatic carbocycles. The highest BCUT2D eigenvalue weighted by molar-refractivity contribution is 5.69. The zero-order valence-corrected chi connectivity index (χ0v) is 16.1. The molecule has 0 amide bonds. The van der Waals surface area contributed by atoms with Crippen molar-refractivity contribution in [2.24, 2.45) is 0 Å². The van der Waals surface area contributed by atoms with E-state index in [2.05, 4.69) is 49.4 Å². The Kier molecular flexibility index (Phi) is 9.30. The molecule has 0 aliphatic heterocycles. The molecule has 0 fully saturated rings. The molecule has 0 bridgehead atoms. The number of unbranched alkanes of at least 4 members (excludes halogenated alkanes) is 7. The van der Waals surface area contributed by atoms with Crippen molar-refractivity contribution in [2.45, 2.75) is 64.7 Å². The summed E-state index contributed by atoms with van der Waals surface area (Å²) in [6.45, 7) is 2.27. The van der Waals surface area contributed by atoms with Crippen molar-refractivity contribution >= 4 is 12.2 Å². The number of nitrogens with zero attached hydrogens (tertiary/aromatic N) is 1. The minimum absolute atomic E-state index is 0.701. The molecule has 0 aliphatic carbocycles. The van der Waals surface area contributed by atoms with Gasteiger partial charge in [-0.15, -0.1) is 0 Å². The quantitative estimate of drug-likeness (QED) is 0.307. The second-order valence-electron chi connectivity index (χ2n) is 7.03. The summed E-state index contributed by atoms with van der Waals surface area (Å²) in [5.41, 5.74) is 4.47. The zero-order valence-electron chi connectivity index (χ0n) is 16.1. The first-order valence-corrected chi connectivity index (χ1v) is 10.1. The van der Waals surface area contributed by atoms with Gasteiger partial charge in [0.25, 0.3) is 0 Å². The van der Waals surface area contributed by atoms with E-state index in [4.69, 9.17) is 5.26 Å². The average Bonchev–Trinajstić information content (AvgIpc) is 2.69. The zero-order chi connectivity index (χ0) is 18.5. The summed E-state index contributed by atoms with van der Waals surface area (Å²) in [6.07, 6.45) is 16.4. The first-order chi connectivity index (χ1) is 12.8. The molecule has 0 radical (unpaired) electrons. The Morgan fingerprint density at radius 1 is 0.692 bits per heavy atom. The lowest BCUT2D eigenvalue weighted by Crippen LogP contribution is -1.87. The number of aryl methyl sites for hydroxylation is 1. The molecule has 0 spiro atoms. The summed E-state index contributed by atoms with van der Waals surface area (Å²) in [4.78, 5) is 0. The molecule has 0 heterocycles. The molecule has 0 unspecified atom stereocenters. The second-order valence-corrected chi connectivity index (χ2v) is 7.03. The van der Waals surface area contributed by atoms with Gasteiger partial charge in [0.15, 0.2) is 0 Å². The van der Waals surface area contributed by atoms with E-state index in [0.717, 1.165) is 5.56 Å². The monoisotopic (exact) mass is 345 g/mol. The number of hydrogen-bond donors (Lipinski definition) is 0. The number of benzene rings is 2. The Balaban J connectivity index is 1.69. The summed E-state index contributed by atoms with van der Waals surface area (Å²) in [5.74, 6) is 0. The maximum absolute atomic E-state index is 8.83. The standard InChI is InChI=1S/C25H31N/c1-2-3-4-5-6-7-8-9-10-22-11-13-23(14-12-22)15-16-24-17-19-25(21-26)20-18-24/h11-20H,2-10H2,1H3. The lowest BCUT2D eigenvalue weighted by atomic mass is 10.0. The summed E-state index contributed by atoms with van der Waals surface area (Å²) in [5, 5.41) is 8.83. The van der Waals surface area contributed by atoms with Crippen LogP contribution in [-0.2, 0) is 6.42 Å². The number of hydrogen-bond acceptors (Lipinski definition) is 1. The maximum atomic E-state index is 8.83. The summed E-state index contributed by atoms with van der Waals surface area (Å²) in [7, 11) is 0. The summed E-state index contributed by atoms with van der Waals surface area (Å²) < 4.78 is 0. The largest absolute Gasteiger partial charge is 0.192 e. The Bertz CT molecular complexity index is 686. The molecule has 1 heteroatoms. The first kappa shape index (κ1) is 20.0. The van der Waals surface area contributed by atoms with Crippen molar-refractivity contribution in [2.75, 3.05) is 0 Å². The minimum atomic E-state index is 0.701. The molecule has 136 valence electrons. The van der Waals surface area contributed by atoms with Crippen molar-refractivity contribution in [3.63, 3.8) is 0 Å². The van der Waals surface area contributed by atoms with Crippen molar-refractivity contribution in [1.29, 1.82) is 5.26 Å². The second kappa shape index (κ2) is 12.1. The first-order valence-electron chi connectivity index (χ1n) is 10.1. The number of rotatable bonds is 11. The summed E-state index contributed by atoms with van der Waals surface area (Å²) >= 11 is 0. The van der Waals surface area contributed by atoms with Gasteiger partial charge in [-0.1, -0.05) is 100 Å². The topological polar surface area (TPSA) is 23.8 Å². The van der Waals surface area contributed by atoms with Gasteiger partial charge in [0, 0.05) is 0 Å². The summed E-state index contributed by atoms with van der Waals surface area (Å²) in [6, 6.07) is 18.7. The van der Waals surface area contributed by atoms with E-state index in [1.165, 1.54) is 68.9 Å². The van der Waals surface area contributed by atoms with Gasteiger partial charge in [-0.3, -0.25) is 0 Å². The van der Waals surface area contributed by atoms with Crippen LogP contribution >= 0.6 is 0 Å². The predicted molar refractivity (Wildman–Crippen MR) is 113 cm³/mol. The van der Waals surface area contributed by atoms with Crippen LogP contribution in [-0.4, -0.2) is 0 Å². The highest BCUT2D eigenvalue weighted by atomic mass is 14.2. The molecule has 0 aliphatic rings. The van der Waals surface area contributed by atoms with Gasteiger partial charge in [-0.05, 0) is 41.7 Å². The van der Waals surface area contributed by atoms with Crippen LogP contribution in [0.3, 0.4) is 0 Å². The molecule has 0 N–H and O–H groups in total. The fourth-order valence-corrected chi connectivity index (χ4v) is 3.12. The van der Waals surface area contributed by atoms with E-state index >= 15 is 0 Å². The molecule has 1 nitrogen and oxygen atoms in total. The molecule has 2 rings (SSSR count). The maximum Gasteiger partial charge on any atom is 0.0991 e. The van der Waals surface area contributed by atoms with Gasteiger partial charge in [-0.25, -0.2) is 0 Å². The Hall–Kier alpha value is -2.33. The van der Waals surface area contributed by atoms with Crippen LogP contribution < -0.4 is 0 Å². The van der Waals surface area contributed by atoms with Crippen LogP contribution in [0.15, 0.2) is 48.5 Å². The van der Waals surface area contributed by atoms with Crippen LogP contribution in [0.1, 0.15) is 80.5 Å². The average molecular weight is 346 g/mol. The molecule has 0 atom stereocenters. The molecular formula is C25H31N. The van der Waals surface area contributed by atoms with Gasteiger partial charge >= 0.3 is 0 Å². The lowest BCUT2D eigenvalue weighted by molar-refractivity contribution is 0.575. The van der Waals surface area contributed by atoms with E-state index < -0.39 is 0 Å². The molecule has 26 heavy (non-hydrogen) atoms. The van der Waals surface area contributed by atoms with E-state index in [9.17, 15) is 0 Å². The van der Waals surface area contributed by atoms with Gasteiger partial charge in [0.2, 0.25) is 0 Å². The van der Waals surface area contributed by atoms with Crippen LogP contribution in [0, 0.1) is 11.3 Å². The third kappa shape index (κ3) is 7.70. The number of nitriles is 1. The van der Waals surface area contributed by atoms with Crippen molar-refractivity contribution < 1.29 is 0 Å².